The third-order valence-corrected chi connectivity index (χ3v) is 4.44. The van der Waals surface area contributed by atoms with Gasteiger partial charge in [-0.05, 0) is 31.5 Å². The second-order valence-electron chi connectivity index (χ2n) is 6.20. The highest BCUT2D eigenvalue weighted by Gasteiger charge is 2.27. The lowest BCUT2D eigenvalue weighted by Crippen LogP contribution is -2.24. The maximum atomic E-state index is 12.5. The Morgan fingerprint density at radius 3 is 3.04 bits per heavy atom. The normalized spacial score (nSPS) is 17.3. The van der Waals surface area contributed by atoms with Gasteiger partial charge in [0.25, 0.3) is 5.91 Å². The predicted octanol–water partition coefficient (Wildman–Crippen LogP) is 2.18. The van der Waals surface area contributed by atoms with Gasteiger partial charge in [-0.3, -0.25) is 14.7 Å². The van der Waals surface area contributed by atoms with E-state index < -0.39 is 0 Å². The summed E-state index contributed by atoms with van der Waals surface area (Å²) in [5.74, 6) is 0.122. The number of carbonyl (C=O) groups excluding carboxylic acids is 1. The molecule has 1 aliphatic heterocycles. The third kappa shape index (κ3) is 3.60. The van der Waals surface area contributed by atoms with Gasteiger partial charge in [-0.25, -0.2) is 15.0 Å². The monoisotopic (exact) mass is 349 g/mol. The molecular weight excluding hydrogens is 330 g/mol. The number of likely N-dealkylation sites (tertiary alicyclic amines) is 1. The fourth-order valence-electron chi connectivity index (χ4n) is 3.25. The summed E-state index contributed by atoms with van der Waals surface area (Å²) in [4.78, 5) is 34.6. The summed E-state index contributed by atoms with van der Waals surface area (Å²) in [7, 11) is 0. The molecule has 0 saturated carbocycles. The van der Waals surface area contributed by atoms with Crippen LogP contribution in [0.3, 0.4) is 0 Å². The van der Waals surface area contributed by atoms with Crippen LogP contribution in [0.15, 0.2) is 49.3 Å². The third-order valence-electron chi connectivity index (χ3n) is 4.44. The summed E-state index contributed by atoms with van der Waals surface area (Å²) in [6.45, 7) is 1.80. The van der Waals surface area contributed by atoms with E-state index in [0.29, 0.717) is 11.5 Å². The molecule has 0 bridgehead atoms. The van der Waals surface area contributed by atoms with Crippen LogP contribution in [0.1, 0.15) is 40.8 Å². The van der Waals surface area contributed by atoms with Crippen molar-refractivity contribution in [3.05, 3.63) is 66.4 Å². The molecule has 0 radical (unpaired) electrons. The molecule has 4 heterocycles. The van der Waals surface area contributed by atoms with Crippen LogP contribution in [-0.2, 0) is 6.54 Å². The zero-order chi connectivity index (χ0) is 17.8. The molecule has 4 rings (SSSR count). The quantitative estimate of drug-likeness (QED) is 0.732. The number of rotatable bonds is 5. The van der Waals surface area contributed by atoms with E-state index in [0.717, 1.165) is 37.3 Å². The van der Waals surface area contributed by atoms with Gasteiger partial charge in [-0.15, -0.1) is 0 Å². The first-order chi connectivity index (χ1) is 12.8. The summed E-state index contributed by atoms with van der Waals surface area (Å²) in [5, 5.41) is 2.72. The number of amides is 1. The average molecular weight is 349 g/mol. The standard InChI is InChI=1S/C18H19N7O/c26-18(24-17-10-19-6-7-21-17)15-4-1-3-14(23-15)16-5-2-8-25(16)11-13-9-20-12-22-13/h1,3-4,6-7,9-10,12,16H,2,5,8,11H2,(H,20,22)(H,21,24,26)/t16-/m1/s1. The Morgan fingerprint density at radius 1 is 1.27 bits per heavy atom. The van der Waals surface area contributed by atoms with Gasteiger partial charge in [0, 0.05) is 30.8 Å². The molecule has 3 aromatic rings. The van der Waals surface area contributed by atoms with E-state index in [1.807, 2.05) is 18.3 Å². The molecule has 26 heavy (non-hydrogen) atoms. The van der Waals surface area contributed by atoms with Gasteiger partial charge in [0.15, 0.2) is 5.82 Å². The summed E-state index contributed by atoms with van der Waals surface area (Å²) in [6, 6.07) is 5.77. The molecule has 1 atom stereocenters. The number of nitrogens with zero attached hydrogens (tertiary/aromatic N) is 5. The maximum absolute atomic E-state index is 12.5. The Kier molecular flexibility index (Phi) is 4.65. The minimum atomic E-state index is -0.287. The van der Waals surface area contributed by atoms with Crippen LogP contribution in [0.5, 0.6) is 0 Å². The number of H-pyrrole nitrogens is 1. The lowest BCUT2D eigenvalue weighted by atomic mass is 10.1. The smallest absolute Gasteiger partial charge is 0.275 e. The molecule has 1 amide bonds. The average Bonchev–Trinajstić information content (AvgIpc) is 3.35. The van der Waals surface area contributed by atoms with E-state index in [1.54, 1.807) is 18.6 Å². The highest BCUT2D eigenvalue weighted by atomic mass is 16.1. The van der Waals surface area contributed by atoms with Crippen LogP contribution in [0, 0.1) is 0 Å². The number of nitrogens with one attached hydrogen (secondary N) is 2. The van der Waals surface area contributed by atoms with Crippen LogP contribution < -0.4 is 5.32 Å². The van der Waals surface area contributed by atoms with Gasteiger partial charge in [0.05, 0.1) is 24.3 Å². The van der Waals surface area contributed by atoms with Crippen molar-refractivity contribution in [1.82, 2.24) is 29.8 Å². The van der Waals surface area contributed by atoms with Crippen molar-refractivity contribution in [1.29, 1.82) is 0 Å². The van der Waals surface area contributed by atoms with E-state index in [-0.39, 0.29) is 11.9 Å². The largest absolute Gasteiger partial charge is 0.347 e. The van der Waals surface area contributed by atoms with Crippen molar-refractivity contribution in [3.63, 3.8) is 0 Å². The predicted molar refractivity (Wildman–Crippen MR) is 95.2 cm³/mol. The van der Waals surface area contributed by atoms with E-state index in [2.05, 4.69) is 35.1 Å². The molecule has 3 aromatic heterocycles. The first-order valence-electron chi connectivity index (χ1n) is 8.55. The molecule has 1 fully saturated rings. The van der Waals surface area contributed by atoms with E-state index in [4.69, 9.17) is 0 Å². The minimum absolute atomic E-state index is 0.197. The van der Waals surface area contributed by atoms with Gasteiger partial charge in [-0.1, -0.05) is 6.07 Å². The van der Waals surface area contributed by atoms with Crippen LogP contribution in [0.4, 0.5) is 5.82 Å². The first-order valence-corrected chi connectivity index (χ1v) is 8.55. The minimum Gasteiger partial charge on any atom is -0.347 e. The van der Waals surface area contributed by atoms with E-state index >= 15 is 0 Å². The number of anilines is 1. The Labute approximate surface area is 150 Å². The molecule has 2 N–H and O–H groups in total. The molecule has 8 heteroatoms. The summed E-state index contributed by atoms with van der Waals surface area (Å²) in [5.41, 5.74) is 2.36. The highest BCUT2D eigenvalue weighted by molar-refractivity contribution is 6.02. The van der Waals surface area contributed by atoms with Gasteiger partial charge < -0.3 is 10.3 Å². The van der Waals surface area contributed by atoms with Crippen LogP contribution in [0.2, 0.25) is 0 Å². The van der Waals surface area contributed by atoms with Crippen molar-refractivity contribution in [2.45, 2.75) is 25.4 Å². The summed E-state index contributed by atoms with van der Waals surface area (Å²) in [6.07, 6.45) is 10.3. The maximum Gasteiger partial charge on any atom is 0.275 e. The van der Waals surface area contributed by atoms with Gasteiger partial charge in [-0.2, -0.15) is 0 Å². The van der Waals surface area contributed by atoms with Crippen LogP contribution in [-0.4, -0.2) is 42.3 Å². The van der Waals surface area contributed by atoms with Crippen molar-refractivity contribution >= 4 is 11.7 Å². The zero-order valence-corrected chi connectivity index (χ0v) is 14.2. The van der Waals surface area contributed by atoms with Gasteiger partial charge in [0.1, 0.15) is 5.69 Å². The van der Waals surface area contributed by atoms with Gasteiger partial charge in [0.2, 0.25) is 0 Å². The number of hydrogen-bond acceptors (Lipinski definition) is 6. The lowest BCUT2D eigenvalue weighted by Gasteiger charge is -2.23. The first kappa shape index (κ1) is 16.3. The molecule has 0 aliphatic carbocycles. The van der Waals surface area contributed by atoms with E-state index in [9.17, 15) is 4.79 Å². The molecule has 0 spiro atoms. The second kappa shape index (κ2) is 7.40. The molecule has 0 unspecified atom stereocenters. The zero-order valence-electron chi connectivity index (χ0n) is 14.2. The van der Waals surface area contributed by atoms with Crippen LogP contribution in [0.25, 0.3) is 0 Å². The van der Waals surface area contributed by atoms with Crippen molar-refractivity contribution in [3.8, 4) is 0 Å². The fraction of sp³-hybridized carbons (Fsp3) is 0.278. The number of imidazole rings is 1. The molecule has 132 valence electrons. The summed E-state index contributed by atoms with van der Waals surface area (Å²) < 4.78 is 0. The summed E-state index contributed by atoms with van der Waals surface area (Å²) >= 11 is 0. The number of carbonyl (C=O) groups is 1. The van der Waals surface area contributed by atoms with Gasteiger partial charge >= 0.3 is 0 Å². The Hall–Kier alpha value is -3.13. The number of pyridine rings is 1. The molecule has 0 aromatic carbocycles. The van der Waals surface area contributed by atoms with Crippen molar-refractivity contribution in [2.75, 3.05) is 11.9 Å². The van der Waals surface area contributed by atoms with E-state index in [1.165, 1.54) is 12.4 Å². The Bertz CT molecular complexity index is 866. The fourth-order valence-corrected chi connectivity index (χ4v) is 3.25. The number of hydrogen-bond donors (Lipinski definition) is 2. The van der Waals surface area contributed by atoms with Crippen LogP contribution >= 0.6 is 0 Å². The number of aromatic nitrogens is 5. The molecule has 8 nitrogen and oxygen atoms in total. The van der Waals surface area contributed by atoms with Crippen molar-refractivity contribution in [2.24, 2.45) is 0 Å². The second-order valence-corrected chi connectivity index (χ2v) is 6.20. The number of aromatic amines is 1. The highest BCUT2D eigenvalue weighted by Crippen LogP contribution is 2.31. The molecule has 1 saturated heterocycles. The topological polar surface area (TPSA) is 99.7 Å². The van der Waals surface area contributed by atoms with Crippen molar-refractivity contribution < 1.29 is 4.79 Å². The Morgan fingerprint density at radius 2 is 2.23 bits per heavy atom. The molecular formula is C18H19N7O. The Balaban J connectivity index is 1.50. The lowest BCUT2D eigenvalue weighted by molar-refractivity contribution is 0.102. The molecule has 1 aliphatic rings. The SMILES string of the molecule is O=C(Nc1cnccn1)c1cccc([C@H]2CCCN2Cc2cnc[nH]2)n1.